The number of hydrogen-bond donors (Lipinski definition) is 2. The molecule has 1 aromatic carbocycles. The van der Waals surface area contributed by atoms with Gasteiger partial charge in [-0.1, -0.05) is 12.1 Å². The molecule has 0 spiro atoms. The second-order valence-electron chi connectivity index (χ2n) is 7.50. The van der Waals surface area contributed by atoms with E-state index in [0.29, 0.717) is 23.9 Å². The van der Waals surface area contributed by atoms with E-state index in [1.54, 1.807) is 29.2 Å². The number of carboxylic acid groups (broad SMARTS) is 1. The molecule has 0 radical (unpaired) electrons. The second-order valence-corrected chi connectivity index (χ2v) is 7.50. The van der Waals surface area contributed by atoms with Crippen LogP contribution in [-0.4, -0.2) is 58.0 Å². The van der Waals surface area contributed by atoms with Crippen molar-refractivity contribution in [1.29, 1.82) is 0 Å². The maximum absolute atomic E-state index is 12.7. The number of carbonyl (C=O) groups is 3. The first kappa shape index (κ1) is 19.2. The first-order valence-corrected chi connectivity index (χ1v) is 9.88. The predicted octanol–water partition coefficient (Wildman–Crippen LogP) is 1.97. The largest absolute Gasteiger partial charge is 0.483 e. The lowest BCUT2D eigenvalue weighted by molar-refractivity contribution is -0.140. The van der Waals surface area contributed by atoms with E-state index < -0.39 is 12.0 Å². The van der Waals surface area contributed by atoms with E-state index in [-0.39, 0.29) is 35.9 Å². The molecule has 29 heavy (non-hydrogen) atoms. The number of nitrogens with one attached hydrogen (secondary N) is 1. The molecule has 4 rings (SSSR count). The molecule has 1 saturated heterocycles. The van der Waals surface area contributed by atoms with Gasteiger partial charge in [-0.3, -0.25) is 9.59 Å². The van der Waals surface area contributed by atoms with Crippen molar-refractivity contribution in [3.05, 3.63) is 36.0 Å². The van der Waals surface area contributed by atoms with Gasteiger partial charge in [0.1, 0.15) is 11.8 Å². The van der Waals surface area contributed by atoms with Gasteiger partial charge in [0.2, 0.25) is 5.91 Å². The molecule has 2 aromatic rings. The van der Waals surface area contributed by atoms with Crippen molar-refractivity contribution >= 4 is 28.7 Å². The van der Waals surface area contributed by atoms with Gasteiger partial charge in [-0.25, -0.2) is 9.78 Å². The average molecular weight is 397 g/mol. The topological polar surface area (TPSA) is 109 Å². The van der Waals surface area contributed by atoms with E-state index in [2.05, 4.69) is 10.3 Å². The van der Waals surface area contributed by atoms with E-state index >= 15 is 0 Å². The van der Waals surface area contributed by atoms with E-state index in [4.69, 9.17) is 4.74 Å². The van der Waals surface area contributed by atoms with Crippen LogP contribution in [0.3, 0.4) is 0 Å². The minimum absolute atomic E-state index is 0.0944. The number of ether oxygens (including phenoxy) is 1. The van der Waals surface area contributed by atoms with Crippen LogP contribution >= 0.6 is 0 Å². The number of hydrogen-bond acceptors (Lipinski definition) is 5. The molecule has 1 aromatic heterocycles. The highest BCUT2D eigenvalue weighted by molar-refractivity contribution is 5.93. The molecule has 8 nitrogen and oxygen atoms in total. The van der Waals surface area contributed by atoms with Crippen molar-refractivity contribution in [2.24, 2.45) is 0 Å². The lowest BCUT2D eigenvalue weighted by Gasteiger charge is -2.30. The summed E-state index contributed by atoms with van der Waals surface area (Å²) in [4.78, 5) is 42.3. The van der Waals surface area contributed by atoms with E-state index in [1.165, 1.54) is 6.07 Å². The second kappa shape index (κ2) is 8.06. The zero-order valence-electron chi connectivity index (χ0n) is 16.0. The number of para-hydroxylation sites is 1. The number of likely N-dealkylation sites (tertiary alicyclic amines) is 1. The van der Waals surface area contributed by atoms with E-state index in [1.807, 2.05) is 0 Å². The molecule has 0 bridgehead atoms. The Kier molecular flexibility index (Phi) is 5.33. The number of aromatic carboxylic acids is 1. The molecule has 2 aliphatic rings. The number of benzene rings is 1. The number of amides is 2. The summed E-state index contributed by atoms with van der Waals surface area (Å²) in [7, 11) is 0. The Balaban J connectivity index is 1.46. The van der Waals surface area contributed by atoms with Gasteiger partial charge in [-0.2, -0.15) is 0 Å². The van der Waals surface area contributed by atoms with Crippen molar-refractivity contribution in [3.63, 3.8) is 0 Å². The summed E-state index contributed by atoms with van der Waals surface area (Å²) in [6.07, 6.45) is 4.54. The van der Waals surface area contributed by atoms with Crippen LogP contribution in [0.5, 0.6) is 5.75 Å². The fourth-order valence-electron chi connectivity index (χ4n) is 3.78. The van der Waals surface area contributed by atoms with Crippen LogP contribution in [0.1, 0.15) is 42.6 Å². The summed E-state index contributed by atoms with van der Waals surface area (Å²) in [6, 6.07) is 8.09. The van der Waals surface area contributed by atoms with Crippen LogP contribution < -0.4 is 10.1 Å². The quantitative estimate of drug-likeness (QED) is 0.771. The van der Waals surface area contributed by atoms with Crippen molar-refractivity contribution in [2.75, 3.05) is 13.2 Å². The van der Waals surface area contributed by atoms with Crippen molar-refractivity contribution in [2.45, 2.75) is 44.2 Å². The van der Waals surface area contributed by atoms with Crippen LogP contribution in [-0.2, 0) is 9.59 Å². The number of carboxylic acids is 1. The Labute approximate surface area is 167 Å². The number of carbonyl (C=O) groups excluding carboxylic acids is 2. The Hall–Kier alpha value is -3.16. The summed E-state index contributed by atoms with van der Waals surface area (Å²) in [5, 5.41) is 12.9. The van der Waals surface area contributed by atoms with Gasteiger partial charge in [-0.05, 0) is 44.2 Å². The molecule has 1 saturated carbocycles. The van der Waals surface area contributed by atoms with E-state index in [9.17, 15) is 19.5 Å². The fourth-order valence-corrected chi connectivity index (χ4v) is 3.78. The Morgan fingerprint density at radius 1 is 1.17 bits per heavy atom. The lowest BCUT2D eigenvalue weighted by atomic mass is 9.93. The number of fused-ring (bicyclic) bond motifs is 1. The maximum atomic E-state index is 12.7. The first-order chi connectivity index (χ1) is 14.0. The molecule has 2 N–H and O–H groups in total. The molecule has 2 fully saturated rings. The third kappa shape index (κ3) is 4.01. The minimum atomic E-state index is -1.17. The third-order valence-electron chi connectivity index (χ3n) is 5.58. The monoisotopic (exact) mass is 397 g/mol. The number of pyridine rings is 1. The Morgan fingerprint density at radius 3 is 2.69 bits per heavy atom. The van der Waals surface area contributed by atoms with Crippen molar-refractivity contribution < 1.29 is 24.2 Å². The number of rotatable bonds is 6. The van der Waals surface area contributed by atoms with Crippen LogP contribution in [0.25, 0.3) is 10.9 Å². The molecule has 1 aliphatic carbocycles. The van der Waals surface area contributed by atoms with Crippen LogP contribution in [0.2, 0.25) is 0 Å². The average Bonchev–Trinajstić information content (AvgIpc) is 3.18. The van der Waals surface area contributed by atoms with Gasteiger partial charge in [0, 0.05) is 24.0 Å². The molecular weight excluding hydrogens is 374 g/mol. The molecule has 1 aliphatic heterocycles. The molecule has 8 heteroatoms. The van der Waals surface area contributed by atoms with Gasteiger partial charge < -0.3 is 20.1 Å². The van der Waals surface area contributed by atoms with Crippen LogP contribution in [0.15, 0.2) is 30.3 Å². The molecule has 1 atom stereocenters. The standard InChI is InChI=1S/C21H23N3O5/c25-19(24-10-4-9-17(24)20(26)22-13-5-3-6-13)12-29-18-11-16(21(27)28)23-15-8-2-1-7-14(15)18/h1-2,7-8,11,13,17H,3-6,9-10,12H2,(H,22,26)(H,27,28)/t17-/m0/s1. The smallest absolute Gasteiger partial charge is 0.354 e. The molecule has 2 heterocycles. The van der Waals surface area contributed by atoms with Gasteiger partial charge in [0.15, 0.2) is 12.3 Å². The lowest BCUT2D eigenvalue weighted by Crippen LogP contribution is -2.51. The zero-order valence-corrected chi connectivity index (χ0v) is 16.0. The molecule has 2 amide bonds. The highest BCUT2D eigenvalue weighted by atomic mass is 16.5. The normalized spacial score (nSPS) is 19.0. The van der Waals surface area contributed by atoms with Crippen molar-refractivity contribution in [3.8, 4) is 5.75 Å². The molecule has 0 unspecified atom stereocenters. The number of aromatic nitrogens is 1. The SMILES string of the molecule is O=C(O)c1cc(OCC(=O)N2CCC[C@H]2C(=O)NC2CCC2)c2ccccc2n1. The zero-order chi connectivity index (χ0) is 20.4. The minimum Gasteiger partial charge on any atom is -0.483 e. The highest BCUT2D eigenvalue weighted by Gasteiger charge is 2.35. The van der Waals surface area contributed by atoms with Gasteiger partial charge >= 0.3 is 5.97 Å². The highest BCUT2D eigenvalue weighted by Crippen LogP contribution is 2.26. The van der Waals surface area contributed by atoms with Gasteiger partial charge in [-0.15, -0.1) is 0 Å². The first-order valence-electron chi connectivity index (χ1n) is 9.88. The fraction of sp³-hybridized carbons (Fsp3) is 0.429. The Morgan fingerprint density at radius 2 is 1.97 bits per heavy atom. The summed E-state index contributed by atoms with van der Waals surface area (Å²) in [5.74, 6) is -1.26. The van der Waals surface area contributed by atoms with Gasteiger partial charge in [0.05, 0.1) is 5.52 Å². The van der Waals surface area contributed by atoms with Crippen molar-refractivity contribution in [1.82, 2.24) is 15.2 Å². The number of nitrogens with zero attached hydrogens (tertiary/aromatic N) is 2. The summed E-state index contributed by atoms with van der Waals surface area (Å²) in [5.41, 5.74) is 0.332. The summed E-state index contributed by atoms with van der Waals surface area (Å²) >= 11 is 0. The predicted molar refractivity (Wildman–Crippen MR) is 105 cm³/mol. The van der Waals surface area contributed by atoms with Gasteiger partial charge in [0.25, 0.3) is 5.91 Å². The third-order valence-corrected chi connectivity index (χ3v) is 5.58. The van der Waals surface area contributed by atoms with Crippen LogP contribution in [0.4, 0.5) is 0 Å². The Bertz CT molecular complexity index is 956. The maximum Gasteiger partial charge on any atom is 0.354 e. The van der Waals surface area contributed by atoms with E-state index in [0.717, 1.165) is 25.7 Å². The molecular formula is C21H23N3O5. The molecule has 152 valence electrons. The van der Waals surface area contributed by atoms with Crippen LogP contribution in [0, 0.1) is 0 Å². The summed E-state index contributed by atoms with van der Waals surface area (Å²) in [6.45, 7) is 0.253. The summed E-state index contributed by atoms with van der Waals surface area (Å²) < 4.78 is 5.70.